The third-order valence-electron chi connectivity index (χ3n) is 5.49. The van der Waals surface area contributed by atoms with Gasteiger partial charge in [0.25, 0.3) is 5.91 Å². The predicted molar refractivity (Wildman–Crippen MR) is 110 cm³/mol. The number of sulfone groups is 1. The molecule has 2 fully saturated rings. The highest BCUT2D eigenvalue weighted by molar-refractivity contribution is 7.90. The van der Waals surface area contributed by atoms with Gasteiger partial charge in [0.1, 0.15) is 12.1 Å². The Morgan fingerprint density at radius 3 is 2.03 bits per heavy atom. The molecule has 3 rings (SSSR count). The van der Waals surface area contributed by atoms with Crippen LogP contribution in [0.25, 0.3) is 0 Å². The molecule has 170 valence electrons. The van der Waals surface area contributed by atoms with Gasteiger partial charge in [-0.25, -0.2) is 21.6 Å². The van der Waals surface area contributed by atoms with Crippen molar-refractivity contribution in [3.63, 3.8) is 0 Å². The quantitative estimate of drug-likeness (QED) is 0.540. The van der Waals surface area contributed by atoms with Crippen LogP contribution < -0.4 is 5.32 Å². The van der Waals surface area contributed by atoms with Gasteiger partial charge in [-0.3, -0.25) is 14.5 Å². The molecular weight excluding hydrogens is 448 g/mol. The van der Waals surface area contributed by atoms with Crippen molar-refractivity contribution in [1.29, 1.82) is 0 Å². The van der Waals surface area contributed by atoms with Crippen LogP contribution in [0.2, 0.25) is 0 Å². The first-order valence-corrected chi connectivity index (χ1v) is 13.1. The van der Waals surface area contributed by atoms with E-state index in [0.717, 1.165) is 17.4 Å². The number of hydrogen-bond donors (Lipinski definition) is 1. The zero-order valence-electron chi connectivity index (χ0n) is 17.4. The van der Waals surface area contributed by atoms with Crippen molar-refractivity contribution in [2.24, 2.45) is 0 Å². The average molecular weight is 473 g/mol. The Balaban J connectivity index is 1.71. The van der Waals surface area contributed by atoms with E-state index in [0.29, 0.717) is 5.56 Å². The Hall–Kier alpha value is -2.51. The van der Waals surface area contributed by atoms with Crippen molar-refractivity contribution >= 4 is 37.7 Å². The van der Waals surface area contributed by atoms with E-state index in [1.54, 1.807) is 0 Å². The van der Waals surface area contributed by atoms with E-state index in [2.05, 4.69) is 5.32 Å². The Morgan fingerprint density at radius 1 is 1.00 bits per heavy atom. The molecule has 13 heteroatoms. The van der Waals surface area contributed by atoms with Gasteiger partial charge in [-0.05, 0) is 24.6 Å². The molecule has 2 heterocycles. The topological polar surface area (TPSA) is 141 Å². The summed E-state index contributed by atoms with van der Waals surface area (Å²) >= 11 is 0. The molecule has 0 unspecified atom stereocenters. The predicted octanol–water partition coefficient (Wildman–Crippen LogP) is -1.04. The smallest absolute Gasteiger partial charge is 0.325 e. The van der Waals surface area contributed by atoms with Crippen LogP contribution in [-0.2, 0) is 35.0 Å². The number of piperazine rings is 1. The summed E-state index contributed by atoms with van der Waals surface area (Å²) in [6.07, 6.45) is 2.16. The molecule has 2 saturated heterocycles. The van der Waals surface area contributed by atoms with Gasteiger partial charge in [0, 0.05) is 32.4 Å². The van der Waals surface area contributed by atoms with Crippen molar-refractivity contribution in [3.8, 4) is 0 Å². The molecule has 1 aromatic carbocycles. The second-order valence-electron chi connectivity index (χ2n) is 7.79. The summed E-state index contributed by atoms with van der Waals surface area (Å²) in [5.41, 5.74) is -1.06. The maximum absolute atomic E-state index is 13.0. The molecule has 1 atom stereocenters. The fourth-order valence-corrected chi connectivity index (χ4v) is 5.03. The molecule has 0 spiro atoms. The number of amides is 4. The summed E-state index contributed by atoms with van der Waals surface area (Å²) < 4.78 is 47.7. The van der Waals surface area contributed by atoms with E-state index >= 15 is 0 Å². The lowest BCUT2D eigenvalue weighted by molar-refractivity contribution is -0.139. The fraction of sp³-hybridized carbons (Fsp3) is 0.500. The summed E-state index contributed by atoms with van der Waals surface area (Å²) in [7, 11) is -6.76. The molecule has 2 aliphatic rings. The Kier molecular flexibility index (Phi) is 5.88. The molecule has 0 saturated carbocycles. The van der Waals surface area contributed by atoms with Crippen LogP contribution in [0, 0.1) is 0 Å². The number of nitrogens with zero attached hydrogens (tertiary/aromatic N) is 3. The Bertz CT molecular complexity index is 1120. The fourth-order valence-electron chi connectivity index (χ4n) is 3.58. The van der Waals surface area contributed by atoms with Gasteiger partial charge < -0.3 is 10.2 Å². The van der Waals surface area contributed by atoms with Crippen LogP contribution in [-0.4, -0.2) is 94.0 Å². The van der Waals surface area contributed by atoms with Gasteiger partial charge in [-0.15, -0.1) is 0 Å². The SMILES string of the molecule is C[C@]1(c2ccc(S(C)(=O)=O)cc2)NC(=O)N(CC(=O)N2CCN(S(C)(=O)=O)CC2)C1=O. The number of rotatable bonds is 5. The van der Waals surface area contributed by atoms with Crippen LogP contribution in [0.5, 0.6) is 0 Å². The summed E-state index contributed by atoms with van der Waals surface area (Å²) in [5, 5.41) is 2.57. The number of carbonyl (C=O) groups excluding carboxylic acids is 3. The van der Waals surface area contributed by atoms with Gasteiger partial charge in [0.2, 0.25) is 15.9 Å². The van der Waals surface area contributed by atoms with Gasteiger partial charge >= 0.3 is 6.03 Å². The summed E-state index contributed by atoms with van der Waals surface area (Å²) in [5.74, 6) is -1.10. The minimum absolute atomic E-state index is 0.0805. The van der Waals surface area contributed by atoms with Gasteiger partial charge in [-0.2, -0.15) is 4.31 Å². The first-order valence-electron chi connectivity index (χ1n) is 9.41. The normalized spacial score (nSPS) is 23.2. The molecule has 2 aliphatic heterocycles. The van der Waals surface area contributed by atoms with E-state index in [1.165, 1.54) is 40.4 Å². The first-order chi connectivity index (χ1) is 14.2. The van der Waals surface area contributed by atoms with Crippen LogP contribution in [0.3, 0.4) is 0 Å². The van der Waals surface area contributed by atoms with Crippen molar-refractivity contribution < 1.29 is 31.2 Å². The third-order valence-corrected chi connectivity index (χ3v) is 7.92. The minimum Gasteiger partial charge on any atom is -0.338 e. The highest BCUT2D eigenvalue weighted by atomic mass is 32.2. The number of benzene rings is 1. The average Bonchev–Trinajstić information content (AvgIpc) is 2.91. The van der Waals surface area contributed by atoms with Crippen LogP contribution in [0.15, 0.2) is 29.2 Å². The number of hydrogen-bond acceptors (Lipinski definition) is 7. The van der Waals surface area contributed by atoms with Gasteiger partial charge in [0.05, 0.1) is 11.2 Å². The second kappa shape index (κ2) is 7.88. The summed E-state index contributed by atoms with van der Waals surface area (Å²) in [6.45, 7) is 1.64. The lowest BCUT2D eigenvalue weighted by atomic mass is 9.92. The number of urea groups is 1. The van der Waals surface area contributed by atoms with Crippen LogP contribution in [0.1, 0.15) is 12.5 Å². The maximum atomic E-state index is 13.0. The lowest BCUT2D eigenvalue weighted by Gasteiger charge is -2.33. The first kappa shape index (κ1) is 23.2. The molecule has 0 bridgehead atoms. The molecule has 1 aromatic rings. The lowest BCUT2D eigenvalue weighted by Crippen LogP contribution is -2.53. The zero-order chi connectivity index (χ0) is 23.2. The van der Waals surface area contributed by atoms with Crippen molar-refractivity contribution in [2.45, 2.75) is 17.4 Å². The van der Waals surface area contributed by atoms with E-state index in [4.69, 9.17) is 0 Å². The number of carbonyl (C=O) groups is 3. The van der Waals surface area contributed by atoms with Crippen molar-refractivity contribution in [1.82, 2.24) is 19.4 Å². The van der Waals surface area contributed by atoms with E-state index < -0.39 is 49.8 Å². The Labute approximate surface area is 180 Å². The van der Waals surface area contributed by atoms with Crippen LogP contribution in [0.4, 0.5) is 4.79 Å². The Morgan fingerprint density at radius 2 is 1.55 bits per heavy atom. The summed E-state index contributed by atoms with van der Waals surface area (Å²) in [6, 6.07) is 4.87. The van der Waals surface area contributed by atoms with Crippen molar-refractivity contribution in [2.75, 3.05) is 45.2 Å². The van der Waals surface area contributed by atoms with E-state index in [9.17, 15) is 31.2 Å². The third kappa shape index (κ3) is 4.57. The highest BCUT2D eigenvalue weighted by Gasteiger charge is 2.49. The largest absolute Gasteiger partial charge is 0.338 e. The summed E-state index contributed by atoms with van der Waals surface area (Å²) in [4.78, 5) is 40.4. The van der Waals surface area contributed by atoms with E-state index in [-0.39, 0.29) is 31.1 Å². The number of nitrogens with one attached hydrogen (secondary N) is 1. The molecule has 31 heavy (non-hydrogen) atoms. The van der Waals surface area contributed by atoms with Gasteiger partial charge in [0.15, 0.2) is 9.84 Å². The molecule has 4 amide bonds. The maximum Gasteiger partial charge on any atom is 0.325 e. The standard InChI is InChI=1S/C18H24N4O7S2/c1-18(13-4-6-14(7-5-13)30(2,26)27)16(24)22(17(25)19-18)12-15(23)20-8-10-21(11-9-20)31(3,28)29/h4-7H,8-12H2,1-3H3,(H,19,25)/t18-/m1/s1. The minimum atomic E-state index is -3.41. The van der Waals surface area contributed by atoms with Crippen molar-refractivity contribution in [3.05, 3.63) is 29.8 Å². The van der Waals surface area contributed by atoms with E-state index in [1.807, 2.05) is 0 Å². The highest BCUT2D eigenvalue weighted by Crippen LogP contribution is 2.29. The number of imide groups is 1. The number of sulfonamides is 1. The molecule has 1 N–H and O–H groups in total. The second-order valence-corrected chi connectivity index (χ2v) is 11.8. The molecular formula is C18H24N4O7S2. The molecule has 11 nitrogen and oxygen atoms in total. The molecule has 0 aliphatic carbocycles. The monoisotopic (exact) mass is 472 g/mol. The van der Waals surface area contributed by atoms with Crippen LogP contribution >= 0.6 is 0 Å². The molecule has 0 radical (unpaired) electrons. The molecule has 0 aromatic heterocycles. The van der Waals surface area contributed by atoms with Gasteiger partial charge in [-0.1, -0.05) is 12.1 Å². The zero-order valence-corrected chi connectivity index (χ0v) is 19.0.